The Labute approximate surface area is 120 Å². The lowest BCUT2D eigenvalue weighted by Crippen LogP contribution is -2.29. The highest BCUT2D eigenvalue weighted by Gasteiger charge is 2.07. The summed E-state index contributed by atoms with van der Waals surface area (Å²) in [5.74, 6) is -1.03. The second kappa shape index (κ2) is 8.20. The lowest BCUT2D eigenvalue weighted by molar-refractivity contribution is -0.384. The Morgan fingerprint density at radius 2 is 2.14 bits per heavy atom. The van der Waals surface area contributed by atoms with Crippen molar-refractivity contribution >= 4 is 23.7 Å². The van der Waals surface area contributed by atoms with Gasteiger partial charge in [-0.2, -0.15) is 5.10 Å². The maximum absolute atomic E-state index is 11.4. The number of nitro benzene ring substituents is 1. The van der Waals surface area contributed by atoms with E-state index in [2.05, 4.69) is 22.4 Å². The average Bonchev–Trinajstić information content (AvgIpc) is 2.45. The number of hydrazone groups is 1. The van der Waals surface area contributed by atoms with E-state index in [0.717, 1.165) is 0 Å². The molecule has 0 aromatic heterocycles. The number of hydrogen-bond donors (Lipinski definition) is 2. The Morgan fingerprint density at radius 3 is 2.81 bits per heavy atom. The fourth-order valence-electron chi connectivity index (χ4n) is 1.33. The summed E-state index contributed by atoms with van der Waals surface area (Å²) in [4.78, 5) is 32.6. The third-order valence-corrected chi connectivity index (χ3v) is 2.25. The molecule has 1 aromatic rings. The van der Waals surface area contributed by atoms with E-state index in [9.17, 15) is 19.7 Å². The van der Waals surface area contributed by atoms with Crippen molar-refractivity contribution in [2.45, 2.75) is 6.42 Å². The lowest BCUT2D eigenvalue weighted by atomic mass is 10.2. The summed E-state index contributed by atoms with van der Waals surface area (Å²) in [7, 11) is 0. The number of nitrogens with zero attached hydrogens (tertiary/aromatic N) is 2. The van der Waals surface area contributed by atoms with Crippen molar-refractivity contribution < 1.29 is 14.5 Å². The maximum Gasteiger partial charge on any atom is 0.270 e. The first-order valence-corrected chi connectivity index (χ1v) is 5.97. The van der Waals surface area contributed by atoms with Gasteiger partial charge in [-0.25, -0.2) is 5.43 Å². The van der Waals surface area contributed by atoms with Crippen LogP contribution >= 0.6 is 0 Å². The van der Waals surface area contributed by atoms with Gasteiger partial charge in [0.15, 0.2) is 0 Å². The molecule has 0 aliphatic carbocycles. The van der Waals surface area contributed by atoms with Gasteiger partial charge >= 0.3 is 0 Å². The van der Waals surface area contributed by atoms with Crippen molar-refractivity contribution in [3.05, 3.63) is 52.6 Å². The van der Waals surface area contributed by atoms with Gasteiger partial charge < -0.3 is 5.32 Å². The molecule has 8 heteroatoms. The smallest absolute Gasteiger partial charge is 0.270 e. The van der Waals surface area contributed by atoms with E-state index < -0.39 is 16.7 Å². The van der Waals surface area contributed by atoms with Gasteiger partial charge in [0, 0.05) is 24.2 Å². The molecule has 21 heavy (non-hydrogen) atoms. The molecule has 2 N–H and O–H groups in total. The van der Waals surface area contributed by atoms with Gasteiger partial charge in [0.1, 0.15) is 6.42 Å². The molecule has 0 saturated heterocycles. The predicted molar refractivity (Wildman–Crippen MR) is 76.7 cm³/mol. The van der Waals surface area contributed by atoms with Crippen molar-refractivity contribution in [2.24, 2.45) is 5.10 Å². The number of hydrogen-bond acceptors (Lipinski definition) is 5. The zero-order chi connectivity index (χ0) is 15.7. The molecule has 0 spiro atoms. The van der Waals surface area contributed by atoms with Crippen LogP contribution < -0.4 is 10.7 Å². The minimum Gasteiger partial charge on any atom is -0.352 e. The molecular weight excluding hydrogens is 276 g/mol. The van der Waals surface area contributed by atoms with Crippen LogP contribution in [0.3, 0.4) is 0 Å². The van der Waals surface area contributed by atoms with Crippen LogP contribution in [0.5, 0.6) is 0 Å². The van der Waals surface area contributed by atoms with Crippen LogP contribution in [0.4, 0.5) is 5.69 Å². The Bertz CT molecular complexity index is 583. The number of nitrogens with one attached hydrogen (secondary N) is 2. The van der Waals surface area contributed by atoms with Gasteiger partial charge in [-0.15, -0.1) is 6.58 Å². The number of benzene rings is 1. The second-order valence-corrected chi connectivity index (χ2v) is 3.91. The highest BCUT2D eigenvalue weighted by Crippen LogP contribution is 2.11. The van der Waals surface area contributed by atoms with Gasteiger partial charge in [-0.1, -0.05) is 18.2 Å². The van der Waals surface area contributed by atoms with Crippen LogP contribution in [0.2, 0.25) is 0 Å². The standard InChI is InChI=1S/C13H14N4O4/c1-2-6-14-12(18)8-13(19)16-15-9-10-4-3-5-11(7-10)17(20)21/h2-5,7,9H,1,6,8H2,(H,14,18)(H,16,19)/b15-9+. The largest absolute Gasteiger partial charge is 0.352 e. The normalized spacial score (nSPS) is 10.1. The van der Waals surface area contributed by atoms with E-state index in [0.29, 0.717) is 5.56 Å². The molecule has 8 nitrogen and oxygen atoms in total. The summed E-state index contributed by atoms with van der Waals surface area (Å²) in [5.41, 5.74) is 2.55. The Kier molecular flexibility index (Phi) is 6.26. The highest BCUT2D eigenvalue weighted by atomic mass is 16.6. The number of amides is 2. The number of nitro groups is 1. The lowest BCUT2D eigenvalue weighted by Gasteiger charge is -2.01. The SMILES string of the molecule is C=CCNC(=O)CC(=O)N/N=C/c1cccc([N+](=O)[O-])c1. The summed E-state index contributed by atoms with van der Waals surface area (Å²) in [5, 5.41) is 16.7. The fraction of sp³-hybridized carbons (Fsp3) is 0.154. The zero-order valence-corrected chi connectivity index (χ0v) is 11.1. The van der Waals surface area contributed by atoms with Gasteiger partial charge in [0.25, 0.3) is 5.69 Å². The average molecular weight is 290 g/mol. The number of carbonyl (C=O) groups is 2. The molecule has 110 valence electrons. The van der Waals surface area contributed by atoms with E-state index in [1.54, 1.807) is 6.07 Å². The zero-order valence-electron chi connectivity index (χ0n) is 11.1. The minimum atomic E-state index is -0.585. The molecule has 0 radical (unpaired) electrons. The van der Waals surface area contributed by atoms with Crippen molar-refractivity contribution in [2.75, 3.05) is 6.54 Å². The summed E-state index contributed by atoms with van der Waals surface area (Å²) in [6.45, 7) is 3.71. The van der Waals surface area contributed by atoms with Crippen LogP contribution in [0.25, 0.3) is 0 Å². The number of non-ortho nitro benzene ring substituents is 1. The van der Waals surface area contributed by atoms with E-state index >= 15 is 0 Å². The number of rotatable bonds is 7. The van der Waals surface area contributed by atoms with Crippen molar-refractivity contribution in [3.63, 3.8) is 0 Å². The highest BCUT2D eigenvalue weighted by molar-refractivity contribution is 5.97. The molecule has 0 heterocycles. The Morgan fingerprint density at radius 1 is 1.38 bits per heavy atom. The summed E-state index contributed by atoms with van der Waals surface area (Å²) >= 11 is 0. The monoisotopic (exact) mass is 290 g/mol. The molecule has 0 atom stereocenters. The second-order valence-electron chi connectivity index (χ2n) is 3.91. The summed E-state index contributed by atoms with van der Waals surface area (Å²) < 4.78 is 0. The van der Waals surface area contributed by atoms with E-state index in [1.807, 2.05) is 0 Å². The molecule has 2 amide bonds. The van der Waals surface area contributed by atoms with Crippen molar-refractivity contribution in [3.8, 4) is 0 Å². The van der Waals surface area contributed by atoms with Crippen LogP contribution in [-0.2, 0) is 9.59 Å². The van der Waals surface area contributed by atoms with E-state index in [1.165, 1.54) is 30.5 Å². The van der Waals surface area contributed by atoms with Gasteiger partial charge in [0.2, 0.25) is 11.8 Å². The van der Waals surface area contributed by atoms with Crippen LogP contribution in [0.15, 0.2) is 42.0 Å². The fourth-order valence-corrected chi connectivity index (χ4v) is 1.33. The quantitative estimate of drug-likeness (QED) is 0.253. The number of carbonyl (C=O) groups excluding carboxylic acids is 2. The Hall–Kier alpha value is -3.03. The molecule has 0 fully saturated rings. The summed E-state index contributed by atoms with van der Waals surface area (Å²) in [6, 6.07) is 5.76. The molecule has 0 bridgehead atoms. The molecule has 1 aromatic carbocycles. The van der Waals surface area contributed by atoms with E-state index in [-0.39, 0.29) is 18.7 Å². The van der Waals surface area contributed by atoms with Crippen molar-refractivity contribution in [1.82, 2.24) is 10.7 Å². The van der Waals surface area contributed by atoms with Gasteiger partial charge in [0.05, 0.1) is 11.1 Å². The molecule has 1 rings (SSSR count). The first kappa shape index (κ1) is 16.0. The molecule has 0 saturated carbocycles. The van der Waals surface area contributed by atoms with Crippen molar-refractivity contribution in [1.29, 1.82) is 0 Å². The van der Waals surface area contributed by atoms with E-state index in [4.69, 9.17) is 0 Å². The molecule has 0 aliphatic heterocycles. The van der Waals surface area contributed by atoms with Crippen LogP contribution in [0.1, 0.15) is 12.0 Å². The third kappa shape index (κ3) is 6.10. The third-order valence-electron chi connectivity index (χ3n) is 2.25. The predicted octanol–water partition coefficient (Wildman–Crippen LogP) is 0.737. The topological polar surface area (TPSA) is 114 Å². The van der Waals surface area contributed by atoms with Crippen LogP contribution in [0, 0.1) is 10.1 Å². The van der Waals surface area contributed by atoms with Gasteiger partial charge in [-0.3, -0.25) is 19.7 Å². The minimum absolute atomic E-state index is 0.0749. The van der Waals surface area contributed by atoms with Gasteiger partial charge in [-0.05, 0) is 0 Å². The summed E-state index contributed by atoms with van der Waals surface area (Å²) in [6.07, 6.45) is 2.39. The molecule has 0 aliphatic rings. The maximum atomic E-state index is 11.4. The molecule has 0 unspecified atom stereocenters. The molecular formula is C13H14N4O4. The first-order valence-electron chi connectivity index (χ1n) is 5.97. The van der Waals surface area contributed by atoms with Crippen LogP contribution in [-0.4, -0.2) is 29.5 Å². The first-order chi connectivity index (χ1) is 10.0. The Balaban J connectivity index is 2.48.